The van der Waals surface area contributed by atoms with Gasteiger partial charge >= 0.3 is 18.0 Å². The van der Waals surface area contributed by atoms with Crippen molar-refractivity contribution in [3.63, 3.8) is 0 Å². The standard InChI is InChI=1S/C13H21NO6/c1-13(2,3)20-12(19)14-5-4-8(11(17)18)6-9(14)7-10(15)16/h8-9H,4-7H2,1-3H3,(H,15,16)(H,17,18)/t8-,9+/m0/s1. The van der Waals surface area contributed by atoms with Crippen LogP contribution in [0.25, 0.3) is 0 Å². The maximum atomic E-state index is 12.0. The summed E-state index contributed by atoms with van der Waals surface area (Å²) < 4.78 is 5.23. The van der Waals surface area contributed by atoms with Crippen LogP contribution in [-0.4, -0.2) is 51.3 Å². The minimum absolute atomic E-state index is 0.140. The van der Waals surface area contributed by atoms with Gasteiger partial charge in [0.25, 0.3) is 0 Å². The number of carboxylic acids is 2. The third-order valence-corrected chi connectivity index (χ3v) is 3.10. The molecule has 0 spiro atoms. The Morgan fingerprint density at radius 3 is 2.30 bits per heavy atom. The number of carbonyl (C=O) groups excluding carboxylic acids is 1. The average molecular weight is 287 g/mol. The third kappa shape index (κ3) is 4.71. The molecule has 0 aliphatic carbocycles. The van der Waals surface area contributed by atoms with Crippen molar-refractivity contribution in [2.24, 2.45) is 5.92 Å². The molecule has 1 fully saturated rings. The monoisotopic (exact) mass is 287 g/mol. The zero-order valence-corrected chi connectivity index (χ0v) is 12.0. The quantitative estimate of drug-likeness (QED) is 0.816. The zero-order valence-electron chi connectivity index (χ0n) is 12.0. The van der Waals surface area contributed by atoms with Crippen LogP contribution in [0.4, 0.5) is 4.79 Å². The number of amides is 1. The van der Waals surface area contributed by atoms with Gasteiger partial charge in [0.15, 0.2) is 0 Å². The first kappa shape index (κ1) is 16.3. The molecule has 1 aliphatic rings. The number of aliphatic carboxylic acids is 2. The molecule has 0 aromatic rings. The molecular weight excluding hydrogens is 266 g/mol. The van der Waals surface area contributed by atoms with Crippen molar-refractivity contribution in [2.75, 3.05) is 6.54 Å². The van der Waals surface area contributed by atoms with Crippen molar-refractivity contribution in [3.05, 3.63) is 0 Å². The molecule has 20 heavy (non-hydrogen) atoms. The Bertz CT molecular complexity index is 400. The first-order valence-electron chi connectivity index (χ1n) is 6.54. The van der Waals surface area contributed by atoms with Crippen LogP contribution < -0.4 is 0 Å². The number of nitrogens with zero attached hydrogens (tertiary/aromatic N) is 1. The lowest BCUT2D eigenvalue weighted by Gasteiger charge is -2.38. The van der Waals surface area contributed by atoms with E-state index in [4.69, 9.17) is 14.9 Å². The van der Waals surface area contributed by atoms with E-state index in [9.17, 15) is 14.4 Å². The van der Waals surface area contributed by atoms with E-state index in [1.54, 1.807) is 20.8 Å². The summed E-state index contributed by atoms with van der Waals surface area (Å²) in [5.74, 6) is -2.63. The molecule has 7 nitrogen and oxygen atoms in total. The number of hydrogen-bond donors (Lipinski definition) is 2. The van der Waals surface area contributed by atoms with Crippen molar-refractivity contribution in [1.82, 2.24) is 4.90 Å². The molecule has 1 saturated heterocycles. The van der Waals surface area contributed by atoms with E-state index in [1.165, 1.54) is 4.90 Å². The summed E-state index contributed by atoms with van der Waals surface area (Å²) in [6, 6.07) is -0.641. The maximum Gasteiger partial charge on any atom is 0.410 e. The van der Waals surface area contributed by atoms with E-state index in [0.717, 1.165) is 0 Å². The van der Waals surface area contributed by atoms with Crippen LogP contribution in [0.5, 0.6) is 0 Å². The zero-order chi connectivity index (χ0) is 15.5. The fraction of sp³-hybridized carbons (Fsp3) is 0.769. The summed E-state index contributed by atoms with van der Waals surface area (Å²) >= 11 is 0. The van der Waals surface area contributed by atoms with E-state index < -0.39 is 35.6 Å². The van der Waals surface area contributed by atoms with Crippen LogP contribution in [0.3, 0.4) is 0 Å². The predicted octanol–water partition coefficient (Wildman–Crippen LogP) is 1.56. The van der Waals surface area contributed by atoms with Gasteiger partial charge in [-0.05, 0) is 33.6 Å². The van der Waals surface area contributed by atoms with Crippen LogP contribution in [0.2, 0.25) is 0 Å². The van der Waals surface area contributed by atoms with E-state index >= 15 is 0 Å². The fourth-order valence-corrected chi connectivity index (χ4v) is 2.23. The Morgan fingerprint density at radius 2 is 1.85 bits per heavy atom. The smallest absolute Gasteiger partial charge is 0.410 e. The van der Waals surface area contributed by atoms with Crippen molar-refractivity contribution in [3.8, 4) is 0 Å². The fourth-order valence-electron chi connectivity index (χ4n) is 2.23. The second-order valence-corrected chi connectivity index (χ2v) is 5.98. The molecule has 1 aliphatic heterocycles. The lowest BCUT2D eigenvalue weighted by Crippen LogP contribution is -2.49. The number of ether oxygens (including phenoxy) is 1. The van der Waals surface area contributed by atoms with E-state index in [2.05, 4.69) is 0 Å². The van der Waals surface area contributed by atoms with E-state index in [1.807, 2.05) is 0 Å². The van der Waals surface area contributed by atoms with Gasteiger partial charge in [0.05, 0.1) is 12.3 Å². The molecule has 0 saturated carbocycles. The van der Waals surface area contributed by atoms with Gasteiger partial charge < -0.3 is 19.8 Å². The molecule has 0 aromatic carbocycles. The van der Waals surface area contributed by atoms with Crippen molar-refractivity contribution in [1.29, 1.82) is 0 Å². The molecule has 7 heteroatoms. The third-order valence-electron chi connectivity index (χ3n) is 3.10. The predicted molar refractivity (Wildman–Crippen MR) is 69.3 cm³/mol. The van der Waals surface area contributed by atoms with Gasteiger partial charge in [-0.15, -0.1) is 0 Å². The highest BCUT2D eigenvalue weighted by Gasteiger charge is 2.37. The van der Waals surface area contributed by atoms with Gasteiger partial charge in [-0.1, -0.05) is 0 Å². The second-order valence-electron chi connectivity index (χ2n) is 5.98. The molecule has 0 unspecified atom stereocenters. The summed E-state index contributed by atoms with van der Waals surface area (Å²) in [6.45, 7) is 5.37. The Labute approximate surface area is 117 Å². The average Bonchev–Trinajstić information content (AvgIpc) is 2.25. The Morgan fingerprint density at radius 1 is 1.25 bits per heavy atom. The van der Waals surface area contributed by atoms with Crippen LogP contribution >= 0.6 is 0 Å². The molecule has 1 rings (SSSR count). The van der Waals surface area contributed by atoms with Gasteiger partial charge in [-0.25, -0.2) is 4.79 Å². The number of hydrogen-bond acceptors (Lipinski definition) is 4. The molecule has 2 N–H and O–H groups in total. The highest BCUT2D eigenvalue weighted by molar-refractivity contribution is 5.74. The first-order chi connectivity index (χ1) is 9.10. The lowest BCUT2D eigenvalue weighted by atomic mass is 9.89. The summed E-state index contributed by atoms with van der Waals surface area (Å²) in [5, 5.41) is 17.9. The van der Waals surface area contributed by atoms with Gasteiger partial charge in [0, 0.05) is 12.6 Å². The van der Waals surface area contributed by atoms with Crippen molar-refractivity contribution in [2.45, 2.75) is 51.7 Å². The molecule has 0 radical (unpaired) electrons. The summed E-state index contributed by atoms with van der Waals surface area (Å²) in [7, 11) is 0. The first-order valence-corrected chi connectivity index (χ1v) is 6.54. The number of carbonyl (C=O) groups is 3. The van der Waals surface area contributed by atoms with Crippen LogP contribution in [-0.2, 0) is 14.3 Å². The molecule has 0 aromatic heterocycles. The van der Waals surface area contributed by atoms with Crippen LogP contribution in [0.15, 0.2) is 0 Å². The molecule has 1 heterocycles. The SMILES string of the molecule is CC(C)(C)OC(=O)N1CC[C@H](C(=O)O)C[C@@H]1CC(=O)O. The largest absolute Gasteiger partial charge is 0.481 e. The minimum atomic E-state index is -1.06. The summed E-state index contributed by atoms with van der Waals surface area (Å²) in [5.41, 5.74) is -0.672. The molecule has 0 bridgehead atoms. The topological polar surface area (TPSA) is 104 Å². The minimum Gasteiger partial charge on any atom is -0.481 e. The van der Waals surface area contributed by atoms with E-state index in [-0.39, 0.29) is 19.4 Å². The van der Waals surface area contributed by atoms with Gasteiger partial charge in [0.1, 0.15) is 5.60 Å². The van der Waals surface area contributed by atoms with Gasteiger partial charge in [0.2, 0.25) is 0 Å². The molecule has 1 amide bonds. The highest BCUT2D eigenvalue weighted by Crippen LogP contribution is 2.27. The lowest BCUT2D eigenvalue weighted by molar-refractivity contribution is -0.146. The van der Waals surface area contributed by atoms with Crippen LogP contribution in [0.1, 0.15) is 40.0 Å². The van der Waals surface area contributed by atoms with Crippen molar-refractivity contribution < 1.29 is 29.3 Å². The second kappa shape index (κ2) is 6.11. The number of piperidine rings is 1. The van der Waals surface area contributed by atoms with Gasteiger partial charge in [-0.3, -0.25) is 9.59 Å². The molecular formula is C13H21NO6. The summed E-state index contributed by atoms with van der Waals surface area (Å²) in [6.07, 6.45) is -0.415. The Hall–Kier alpha value is -1.79. The highest BCUT2D eigenvalue weighted by atomic mass is 16.6. The van der Waals surface area contributed by atoms with Crippen molar-refractivity contribution >= 4 is 18.0 Å². The molecule has 2 atom stereocenters. The van der Waals surface area contributed by atoms with Gasteiger partial charge in [-0.2, -0.15) is 0 Å². The Balaban J connectivity index is 2.79. The number of rotatable bonds is 3. The Kier molecular flexibility index (Phi) is 4.97. The normalized spacial score (nSPS) is 23.2. The van der Waals surface area contributed by atoms with Crippen LogP contribution in [0, 0.1) is 5.92 Å². The van der Waals surface area contributed by atoms with E-state index in [0.29, 0.717) is 6.42 Å². The number of likely N-dealkylation sites (tertiary alicyclic amines) is 1. The maximum absolute atomic E-state index is 12.0. The summed E-state index contributed by atoms with van der Waals surface area (Å²) in [4.78, 5) is 35.3. The number of carboxylic acid groups (broad SMARTS) is 2. The molecule has 114 valence electrons.